The van der Waals surface area contributed by atoms with E-state index < -0.39 is 0 Å². The molecule has 0 saturated carbocycles. The fraction of sp³-hybridized carbons (Fsp3) is 0.417. The maximum Gasteiger partial charge on any atom is 0.240 e. The predicted molar refractivity (Wildman–Crippen MR) is 75.0 cm³/mol. The van der Waals surface area contributed by atoms with Crippen molar-refractivity contribution in [1.82, 2.24) is 19.7 Å². The zero-order chi connectivity index (χ0) is 13.8. The highest BCUT2D eigenvalue weighted by Crippen LogP contribution is 2.11. The van der Waals surface area contributed by atoms with E-state index in [-0.39, 0.29) is 5.91 Å². The van der Waals surface area contributed by atoms with Crippen molar-refractivity contribution in [2.45, 2.75) is 13.5 Å². The third-order valence-electron chi connectivity index (χ3n) is 2.87. The predicted octanol–water partition coefficient (Wildman–Crippen LogP) is 1.26. The fourth-order valence-electron chi connectivity index (χ4n) is 1.74. The molecule has 2 heterocycles. The standard InChI is InChI=1S/C12H17N5OS/c1-9-10(6-14-17(9)3)7-16(2)8-11(18)15-12-13-4-5-19-12/h4-6H,7-8H2,1-3H3,(H,13,15,18). The first-order valence-corrected chi connectivity index (χ1v) is 6.79. The lowest BCUT2D eigenvalue weighted by Crippen LogP contribution is -2.29. The number of carbonyl (C=O) groups excluding carboxylic acids is 1. The van der Waals surface area contributed by atoms with Crippen LogP contribution in [0.25, 0.3) is 0 Å². The van der Waals surface area contributed by atoms with Crippen LogP contribution in [0.15, 0.2) is 17.8 Å². The quantitative estimate of drug-likeness (QED) is 0.895. The molecule has 6 nitrogen and oxygen atoms in total. The van der Waals surface area contributed by atoms with Gasteiger partial charge in [-0.15, -0.1) is 11.3 Å². The average molecular weight is 279 g/mol. The van der Waals surface area contributed by atoms with Gasteiger partial charge in [-0.25, -0.2) is 4.98 Å². The van der Waals surface area contributed by atoms with Crippen LogP contribution in [0.2, 0.25) is 0 Å². The molecule has 0 radical (unpaired) electrons. The molecule has 102 valence electrons. The molecule has 1 amide bonds. The summed E-state index contributed by atoms with van der Waals surface area (Å²) in [5, 5.41) is 9.42. The van der Waals surface area contributed by atoms with Crippen LogP contribution in [-0.2, 0) is 18.4 Å². The number of amides is 1. The zero-order valence-electron chi connectivity index (χ0n) is 11.3. The van der Waals surface area contributed by atoms with Crippen LogP contribution < -0.4 is 5.32 Å². The van der Waals surface area contributed by atoms with Gasteiger partial charge in [-0.1, -0.05) is 0 Å². The molecule has 0 atom stereocenters. The Kier molecular flexibility index (Phi) is 4.28. The molecule has 0 aliphatic heterocycles. The number of carbonyl (C=O) groups is 1. The van der Waals surface area contributed by atoms with Crippen LogP contribution in [0.5, 0.6) is 0 Å². The Morgan fingerprint density at radius 2 is 2.37 bits per heavy atom. The SMILES string of the molecule is Cc1c(CN(C)CC(=O)Nc2nccs2)cnn1C. The van der Waals surface area contributed by atoms with Crippen LogP contribution in [0.4, 0.5) is 5.13 Å². The Labute approximate surface area is 116 Å². The summed E-state index contributed by atoms with van der Waals surface area (Å²) in [4.78, 5) is 17.8. The molecule has 7 heteroatoms. The van der Waals surface area contributed by atoms with E-state index in [0.29, 0.717) is 18.2 Å². The second kappa shape index (κ2) is 5.94. The molecule has 0 aliphatic rings. The largest absolute Gasteiger partial charge is 0.301 e. The maximum atomic E-state index is 11.8. The number of hydrogen-bond acceptors (Lipinski definition) is 5. The summed E-state index contributed by atoms with van der Waals surface area (Å²) >= 11 is 1.41. The van der Waals surface area contributed by atoms with Gasteiger partial charge in [0.25, 0.3) is 0 Å². The van der Waals surface area contributed by atoms with Crippen molar-refractivity contribution in [2.24, 2.45) is 7.05 Å². The van der Waals surface area contributed by atoms with E-state index in [1.165, 1.54) is 11.3 Å². The van der Waals surface area contributed by atoms with Gasteiger partial charge in [0.2, 0.25) is 5.91 Å². The molecule has 0 unspecified atom stereocenters. The summed E-state index contributed by atoms with van der Waals surface area (Å²) in [6.45, 7) is 3.05. The van der Waals surface area contributed by atoms with Crippen LogP contribution in [0.1, 0.15) is 11.3 Å². The molecule has 1 N–H and O–H groups in total. The maximum absolute atomic E-state index is 11.8. The highest BCUT2D eigenvalue weighted by atomic mass is 32.1. The number of rotatable bonds is 5. The first-order chi connectivity index (χ1) is 9.06. The number of aromatic nitrogens is 3. The summed E-state index contributed by atoms with van der Waals surface area (Å²) in [5.74, 6) is -0.0565. The Hall–Kier alpha value is -1.73. The normalized spacial score (nSPS) is 10.9. The van der Waals surface area contributed by atoms with E-state index in [0.717, 1.165) is 11.3 Å². The Morgan fingerprint density at radius 3 is 2.95 bits per heavy atom. The highest BCUT2D eigenvalue weighted by molar-refractivity contribution is 7.13. The van der Waals surface area contributed by atoms with Gasteiger partial charge in [0.1, 0.15) is 0 Å². The molecule has 0 aromatic carbocycles. The van der Waals surface area contributed by atoms with E-state index >= 15 is 0 Å². The van der Waals surface area contributed by atoms with Gasteiger partial charge in [-0.05, 0) is 14.0 Å². The van der Waals surface area contributed by atoms with E-state index in [2.05, 4.69) is 15.4 Å². The van der Waals surface area contributed by atoms with Gasteiger partial charge in [0.15, 0.2) is 5.13 Å². The third-order valence-corrected chi connectivity index (χ3v) is 3.56. The van der Waals surface area contributed by atoms with E-state index in [1.54, 1.807) is 6.20 Å². The number of hydrogen-bond donors (Lipinski definition) is 1. The van der Waals surface area contributed by atoms with Gasteiger partial charge in [0, 0.05) is 36.4 Å². The minimum absolute atomic E-state index is 0.0565. The number of aryl methyl sites for hydroxylation is 1. The lowest BCUT2D eigenvalue weighted by molar-refractivity contribution is -0.117. The molecular formula is C12H17N5OS. The van der Waals surface area contributed by atoms with Crippen LogP contribution in [-0.4, -0.2) is 39.2 Å². The minimum Gasteiger partial charge on any atom is -0.301 e. The smallest absolute Gasteiger partial charge is 0.240 e. The van der Waals surface area contributed by atoms with Crippen molar-refractivity contribution in [3.8, 4) is 0 Å². The Morgan fingerprint density at radius 1 is 1.58 bits per heavy atom. The minimum atomic E-state index is -0.0565. The van der Waals surface area contributed by atoms with E-state index in [9.17, 15) is 4.79 Å². The Bertz CT molecular complexity index is 548. The Balaban J connectivity index is 1.85. The lowest BCUT2D eigenvalue weighted by Gasteiger charge is -2.15. The van der Waals surface area contributed by atoms with Crippen LogP contribution in [0, 0.1) is 6.92 Å². The van der Waals surface area contributed by atoms with Crippen molar-refractivity contribution in [3.05, 3.63) is 29.0 Å². The average Bonchev–Trinajstić information content (AvgIpc) is 2.94. The third kappa shape index (κ3) is 3.62. The van der Waals surface area contributed by atoms with Gasteiger partial charge < -0.3 is 5.32 Å². The zero-order valence-corrected chi connectivity index (χ0v) is 12.1. The number of nitrogens with one attached hydrogen (secondary N) is 1. The van der Waals surface area contributed by atoms with Gasteiger partial charge in [0.05, 0.1) is 12.7 Å². The van der Waals surface area contributed by atoms with Crippen LogP contribution >= 0.6 is 11.3 Å². The summed E-state index contributed by atoms with van der Waals surface area (Å²) in [7, 11) is 3.82. The highest BCUT2D eigenvalue weighted by Gasteiger charge is 2.11. The number of anilines is 1. The van der Waals surface area contributed by atoms with Crippen molar-refractivity contribution < 1.29 is 4.79 Å². The summed E-state index contributed by atoms with van der Waals surface area (Å²) in [6.07, 6.45) is 3.51. The summed E-state index contributed by atoms with van der Waals surface area (Å²) < 4.78 is 1.83. The second-order valence-electron chi connectivity index (χ2n) is 4.44. The molecule has 0 saturated heterocycles. The van der Waals surface area contributed by atoms with Crippen molar-refractivity contribution in [3.63, 3.8) is 0 Å². The van der Waals surface area contributed by atoms with E-state index in [1.807, 2.05) is 42.2 Å². The van der Waals surface area contributed by atoms with Gasteiger partial charge in [-0.2, -0.15) is 5.10 Å². The summed E-state index contributed by atoms with van der Waals surface area (Å²) in [5.41, 5.74) is 2.25. The van der Waals surface area contributed by atoms with E-state index in [4.69, 9.17) is 0 Å². The molecule has 0 spiro atoms. The number of nitrogens with zero attached hydrogens (tertiary/aromatic N) is 4. The summed E-state index contributed by atoms with van der Waals surface area (Å²) in [6, 6.07) is 0. The van der Waals surface area contributed by atoms with Crippen molar-refractivity contribution >= 4 is 22.4 Å². The molecule has 0 fully saturated rings. The molecule has 0 bridgehead atoms. The van der Waals surface area contributed by atoms with Crippen LogP contribution in [0.3, 0.4) is 0 Å². The van der Waals surface area contributed by atoms with Crippen molar-refractivity contribution in [1.29, 1.82) is 0 Å². The van der Waals surface area contributed by atoms with Gasteiger partial charge >= 0.3 is 0 Å². The number of thiazole rings is 1. The monoisotopic (exact) mass is 279 g/mol. The molecular weight excluding hydrogens is 262 g/mol. The molecule has 19 heavy (non-hydrogen) atoms. The van der Waals surface area contributed by atoms with Gasteiger partial charge in [-0.3, -0.25) is 14.4 Å². The fourth-order valence-corrected chi connectivity index (χ4v) is 2.28. The lowest BCUT2D eigenvalue weighted by atomic mass is 10.2. The molecule has 2 aromatic heterocycles. The molecule has 0 aliphatic carbocycles. The van der Waals surface area contributed by atoms with Crippen molar-refractivity contribution in [2.75, 3.05) is 18.9 Å². The topological polar surface area (TPSA) is 63.1 Å². The first-order valence-electron chi connectivity index (χ1n) is 5.91. The number of likely N-dealkylation sites (N-methyl/N-ethyl adjacent to an activating group) is 1. The second-order valence-corrected chi connectivity index (χ2v) is 5.33. The molecule has 2 rings (SSSR count). The molecule has 2 aromatic rings. The first kappa shape index (κ1) is 13.7.